The molecule has 0 atom stereocenters. The summed E-state index contributed by atoms with van der Waals surface area (Å²) in [6.45, 7) is 3.96. The maximum atomic E-state index is 11.4. The minimum absolute atomic E-state index is 0.176. The molecule has 1 rings (SSSR count). The molecule has 0 saturated carbocycles. The van der Waals surface area contributed by atoms with Gasteiger partial charge >= 0.3 is 5.97 Å². The molecular formula is C9H12N2O3S. The van der Waals surface area contributed by atoms with Gasteiger partial charge in [0.15, 0.2) is 5.16 Å². The zero-order chi connectivity index (χ0) is 11.4. The van der Waals surface area contributed by atoms with Crippen LogP contribution in [0.25, 0.3) is 0 Å². The second-order valence-electron chi connectivity index (χ2n) is 3.28. The predicted octanol–water partition coefficient (Wildman–Crippen LogP) is 0.897. The van der Waals surface area contributed by atoms with Crippen molar-refractivity contribution in [1.82, 2.24) is 9.97 Å². The number of aromatic amines is 1. The highest BCUT2D eigenvalue weighted by Gasteiger charge is 2.07. The van der Waals surface area contributed by atoms with E-state index in [-0.39, 0.29) is 17.5 Å². The number of hydrogen-bond donors (Lipinski definition) is 2. The van der Waals surface area contributed by atoms with Crippen molar-refractivity contribution < 1.29 is 9.90 Å². The van der Waals surface area contributed by atoms with Crippen LogP contribution in [0, 0.1) is 0 Å². The van der Waals surface area contributed by atoms with Crippen molar-refractivity contribution in [2.24, 2.45) is 0 Å². The van der Waals surface area contributed by atoms with Gasteiger partial charge in [-0.25, -0.2) is 4.98 Å². The highest BCUT2D eigenvalue weighted by atomic mass is 32.2. The first-order chi connectivity index (χ1) is 6.99. The summed E-state index contributed by atoms with van der Waals surface area (Å²) in [5.41, 5.74) is -0.203. The lowest BCUT2D eigenvalue weighted by molar-refractivity contribution is -0.136. The third-order valence-corrected chi connectivity index (χ3v) is 2.44. The number of carbonyl (C=O) groups is 1. The van der Waals surface area contributed by atoms with Crippen LogP contribution in [-0.4, -0.2) is 26.3 Å². The van der Waals surface area contributed by atoms with Crippen molar-refractivity contribution in [2.45, 2.75) is 30.7 Å². The molecule has 5 nitrogen and oxygen atoms in total. The molecule has 1 aromatic heterocycles. The average molecular weight is 228 g/mol. The molecule has 6 heteroatoms. The van der Waals surface area contributed by atoms with Crippen LogP contribution in [0.2, 0.25) is 0 Å². The highest BCUT2D eigenvalue weighted by molar-refractivity contribution is 7.99. The van der Waals surface area contributed by atoms with Crippen LogP contribution < -0.4 is 5.56 Å². The summed E-state index contributed by atoms with van der Waals surface area (Å²) >= 11 is 1.43. The molecule has 0 fully saturated rings. The summed E-state index contributed by atoms with van der Waals surface area (Å²) < 4.78 is 0. The molecule has 82 valence electrons. The van der Waals surface area contributed by atoms with E-state index < -0.39 is 5.97 Å². The van der Waals surface area contributed by atoms with Crippen molar-refractivity contribution >= 4 is 17.7 Å². The Morgan fingerprint density at radius 3 is 2.80 bits per heavy atom. The van der Waals surface area contributed by atoms with E-state index in [1.54, 1.807) is 0 Å². The van der Waals surface area contributed by atoms with Gasteiger partial charge in [-0.2, -0.15) is 0 Å². The zero-order valence-electron chi connectivity index (χ0n) is 8.48. The van der Waals surface area contributed by atoms with E-state index in [1.165, 1.54) is 18.0 Å². The number of aromatic nitrogens is 2. The molecule has 1 aromatic rings. The van der Waals surface area contributed by atoms with Gasteiger partial charge < -0.3 is 10.1 Å². The zero-order valence-corrected chi connectivity index (χ0v) is 9.30. The lowest BCUT2D eigenvalue weighted by Crippen LogP contribution is -2.17. The Hall–Kier alpha value is -1.30. The van der Waals surface area contributed by atoms with Crippen molar-refractivity contribution in [3.8, 4) is 0 Å². The first-order valence-corrected chi connectivity index (χ1v) is 5.33. The number of carboxylic acids is 1. The Kier molecular flexibility index (Phi) is 3.90. The number of rotatable bonds is 4. The van der Waals surface area contributed by atoms with E-state index in [2.05, 4.69) is 9.97 Å². The summed E-state index contributed by atoms with van der Waals surface area (Å²) in [6.07, 6.45) is 1.02. The number of H-pyrrole nitrogens is 1. The van der Waals surface area contributed by atoms with Gasteiger partial charge in [0.1, 0.15) is 0 Å². The fourth-order valence-corrected chi connectivity index (χ4v) is 1.69. The quantitative estimate of drug-likeness (QED) is 0.591. The van der Waals surface area contributed by atoms with Crippen LogP contribution in [0.15, 0.2) is 16.1 Å². The number of aliphatic carboxylic acids is 1. The first kappa shape index (κ1) is 11.8. The van der Waals surface area contributed by atoms with E-state index >= 15 is 0 Å². The van der Waals surface area contributed by atoms with E-state index in [0.29, 0.717) is 10.4 Å². The van der Waals surface area contributed by atoms with Crippen molar-refractivity contribution in [1.29, 1.82) is 0 Å². The number of carboxylic acid groups (broad SMARTS) is 1. The molecule has 2 N–H and O–H groups in total. The lowest BCUT2D eigenvalue weighted by Gasteiger charge is -2.03. The van der Waals surface area contributed by atoms with Crippen LogP contribution in [0.1, 0.15) is 19.4 Å². The van der Waals surface area contributed by atoms with Crippen molar-refractivity contribution in [3.63, 3.8) is 0 Å². The summed E-state index contributed by atoms with van der Waals surface area (Å²) in [5.74, 6) is -1.04. The number of nitrogens with zero attached hydrogens (tertiary/aromatic N) is 1. The molecule has 1 heterocycles. The monoisotopic (exact) mass is 228 g/mol. The van der Waals surface area contributed by atoms with Crippen molar-refractivity contribution in [3.05, 3.63) is 22.1 Å². The van der Waals surface area contributed by atoms with Gasteiger partial charge in [0.2, 0.25) is 0 Å². The topological polar surface area (TPSA) is 83.0 Å². The Balaban J connectivity index is 2.88. The molecule has 15 heavy (non-hydrogen) atoms. The maximum Gasteiger partial charge on any atom is 0.308 e. The second-order valence-corrected chi connectivity index (χ2v) is 4.85. The average Bonchev–Trinajstić information content (AvgIpc) is 2.08. The molecule has 0 unspecified atom stereocenters. The van der Waals surface area contributed by atoms with Gasteiger partial charge in [-0.3, -0.25) is 9.59 Å². The summed E-state index contributed by atoms with van der Waals surface area (Å²) in [5, 5.41) is 9.36. The fraction of sp³-hybridized carbons (Fsp3) is 0.444. The van der Waals surface area contributed by atoms with Gasteiger partial charge in [-0.05, 0) is 0 Å². The second kappa shape index (κ2) is 4.97. The van der Waals surface area contributed by atoms with Crippen LogP contribution in [-0.2, 0) is 11.2 Å². The Labute approximate surface area is 90.9 Å². The molecule has 0 aliphatic heterocycles. The Morgan fingerprint density at radius 1 is 1.67 bits per heavy atom. The minimum Gasteiger partial charge on any atom is -0.481 e. The SMILES string of the molecule is CC(C)Sc1ncc(CC(=O)O)c(=O)[nH]1. The highest BCUT2D eigenvalue weighted by Crippen LogP contribution is 2.16. The molecule has 0 amide bonds. The van der Waals surface area contributed by atoms with Crippen LogP contribution in [0.5, 0.6) is 0 Å². The van der Waals surface area contributed by atoms with Gasteiger partial charge in [0.05, 0.1) is 6.42 Å². The molecular weight excluding hydrogens is 216 g/mol. The number of hydrogen-bond acceptors (Lipinski definition) is 4. The minimum atomic E-state index is -1.04. The first-order valence-electron chi connectivity index (χ1n) is 4.45. The summed E-state index contributed by atoms with van der Waals surface area (Å²) in [7, 11) is 0. The molecule has 0 saturated heterocycles. The van der Waals surface area contributed by atoms with Gasteiger partial charge in [-0.1, -0.05) is 25.6 Å². The standard InChI is InChI=1S/C9H12N2O3S/c1-5(2)15-9-10-4-6(3-7(12)13)8(14)11-9/h4-5H,3H2,1-2H3,(H,12,13)(H,10,11,14). The van der Waals surface area contributed by atoms with Crippen LogP contribution >= 0.6 is 11.8 Å². The summed E-state index contributed by atoms with van der Waals surface area (Å²) in [4.78, 5) is 28.3. The number of nitrogens with one attached hydrogen (secondary N) is 1. The van der Waals surface area contributed by atoms with E-state index in [1.807, 2.05) is 13.8 Å². The molecule has 0 aromatic carbocycles. The molecule has 0 radical (unpaired) electrons. The molecule has 0 aliphatic rings. The van der Waals surface area contributed by atoms with E-state index in [0.717, 1.165) is 0 Å². The van der Waals surface area contributed by atoms with Gasteiger partial charge in [0, 0.05) is 17.0 Å². The molecule has 0 bridgehead atoms. The summed E-state index contributed by atoms with van der Waals surface area (Å²) in [6, 6.07) is 0. The lowest BCUT2D eigenvalue weighted by atomic mass is 10.2. The van der Waals surface area contributed by atoms with Crippen molar-refractivity contribution in [2.75, 3.05) is 0 Å². The number of thioether (sulfide) groups is 1. The van der Waals surface area contributed by atoms with Gasteiger partial charge in [-0.15, -0.1) is 0 Å². The third-order valence-electron chi connectivity index (χ3n) is 1.54. The normalized spacial score (nSPS) is 10.6. The van der Waals surface area contributed by atoms with Crippen LogP contribution in [0.4, 0.5) is 0 Å². The molecule has 0 aliphatic carbocycles. The maximum absolute atomic E-state index is 11.4. The smallest absolute Gasteiger partial charge is 0.308 e. The third kappa shape index (κ3) is 3.75. The van der Waals surface area contributed by atoms with E-state index in [9.17, 15) is 9.59 Å². The predicted molar refractivity (Wildman–Crippen MR) is 57.2 cm³/mol. The van der Waals surface area contributed by atoms with Gasteiger partial charge in [0.25, 0.3) is 5.56 Å². The van der Waals surface area contributed by atoms with Crippen LogP contribution in [0.3, 0.4) is 0 Å². The Bertz CT molecular complexity index is 414. The fourth-order valence-electron chi connectivity index (χ4n) is 0.977. The van der Waals surface area contributed by atoms with E-state index in [4.69, 9.17) is 5.11 Å². The Morgan fingerprint density at radius 2 is 2.33 bits per heavy atom. The molecule has 0 spiro atoms. The largest absolute Gasteiger partial charge is 0.481 e.